The number of unbranched alkanes of at least 4 members (excludes halogenated alkanes) is 2. The predicted octanol–water partition coefficient (Wildman–Crippen LogP) is 3.40. The first-order valence-corrected chi connectivity index (χ1v) is 8.42. The summed E-state index contributed by atoms with van der Waals surface area (Å²) in [5.74, 6) is -0.359. The second-order valence-corrected chi connectivity index (χ2v) is 5.87. The monoisotopic (exact) mass is 334 g/mol. The van der Waals surface area contributed by atoms with Crippen molar-refractivity contribution in [2.45, 2.75) is 32.6 Å². The molecule has 0 unspecified atom stereocenters. The van der Waals surface area contributed by atoms with Gasteiger partial charge < -0.3 is 5.32 Å². The molecule has 0 aliphatic carbocycles. The molecular formula is C15H18N4OS2. The lowest BCUT2D eigenvalue weighted by Crippen LogP contribution is -2.34. The fourth-order valence-corrected chi connectivity index (χ4v) is 2.57. The summed E-state index contributed by atoms with van der Waals surface area (Å²) in [7, 11) is 0. The lowest BCUT2D eigenvalue weighted by Gasteiger charge is -2.09. The van der Waals surface area contributed by atoms with Crippen LogP contribution in [-0.4, -0.2) is 20.6 Å². The van der Waals surface area contributed by atoms with Gasteiger partial charge in [-0.25, -0.2) is 0 Å². The van der Waals surface area contributed by atoms with Gasteiger partial charge in [-0.05, 0) is 54.3 Å². The minimum atomic E-state index is -0.359. The number of nitrogens with zero attached hydrogens (tertiary/aromatic N) is 2. The van der Waals surface area contributed by atoms with Crippen LogP contribution in [0.25, 0.3) is 0 Å². The molecule has 1 heterocycles. The summed E-state index contributed by atoms with van der Waals surface area (Å²) in [6.07, 6.45) is 4.77. The second-order valence-electron chi connectivity index (χ2n) is 4.85. The van der Waals surface area contributed by atoms with Crippen molar-refractivity contribution in [2.24, 2.45) is 0 Å². The molecule has 1 aromatic heterocycles. The third kappa shape index (κ3) is 5.16. The molecular weight excluding hydrogens is 316 g/mol. The smallest absolute Gasteiger partial charge is 0.278 e. The Kier molecular flexibility index (Phi) is 6.42. The first kappa shape index (κ1) is 16.5. The van der Waals surface area contributed by atoms with Gasteiger partial charge in [0.25, 0.3) is 5.91 Å². The second kappa shape index (κ2) is 8.55. The van der Waals surface area contributed by atoms with Crippen LogP contribution in [0.3, 0.4) is 0 Å². The van der Waals surface area contributed by atoms with E-state index in [9.17, 15) is 4.79 Å². The SMILES string of the molecule is CCCCCc1ccc(NC(=S)NC(=O)c2csnn2)cc1. The molecule has 1 aromatic carbocycles. The number of hydrogen-bond acceptors (Lipinski definition) is 5. The number of aromatic nitrogens is 2. The number of nitrogens with one attached hydrogen (secondary N) is 2. The van der Waals surface area contributed by atoms with Crippen LogP contribution >= 0.6 is 23.8 Å². The number of aryl methyl sites for hydroxylation is 1. The van der Waals surface area contributed by atoms with Gasteiger partial charge in [0.15, 0.2) is 10.8 Å². The lowest BCUT2D eigenvalue weighted by molar-refractivity contribution is 0.0973. The fourth-order valence-electron chi connectivity index (χ4n) is 1.93. The Labute approximate surface area is 139 Å². The van der Waals surface area contributed by atoms with Gasteiger partial charge in [0, 0.05) is 11.1 Å². The van der Waals surface area contributed by atoms with Crippen molar-refractivity contribution in [2.75, 3.05) is 5.32 Å². The maximum atomic E-state index is 11.8. The molecule has 0 aliphatic rings. The Morgan fingerprint density at radius 1 is 1.27 bits per heavy atom. The molecule has 2 rings (SSSR count). The van der Waals surface area contributed by atoms with Gasteiger partial charge in [-0.15, -0.1) is 5.10 Å². The molecule has 116 valence electrons. The molecule has 0 saturated heterocycles. The van der Waals surface area contributed by atoms with Gasteiger partial charge in [0.2, 0.25) is 0 Å². The summed E-state index contributed by atoms with van der Waals surface area (Å²) in [5, 5.41) is 11.1. The zero-order valence-electron chi connectivity index (χ0n) is 12.3. The van der Waals surface area contributed by atoms with Crippen molar-refractivity contribution in [3.63, 3.8) is 0 Å². The van der Waals surface area contributed by atoms with Crippen LogP contribution in [0.1, 0.15) is 42.2 Å². The zero-order valence-corrected chi connectivity index (χ0v) is 14.0. The number of hydrogen-bond donors (Lipinski definition) is 2. The molecule has 2 N–H and O–H groups in total. The maximum absolute atomic E-state index is 11.8. The Morgan fingerprint density at radius 2 is 2.05 bits per heavy atom. The van der Waals surface area contributed by atoms with Gasteiger partial charge in [-0.1, -0.05) is 36.4 Å². The highest BCUT2D eigenvalue weighted by atomic mass is 32.1. The van der Waals surface area contributed by atoms with Crippen molar-refractivity contribution in [1.82, 2.24) is 14.9 Å². The average molecular weight is 334 g/mol. The number of anilines is 1. The number of amides is 1. The van der Waals surface area contributed by atoms with E-state index in [1.54, 1.807) is 5.38 Å². The van der Waals surface area contributed by atoms with E-state index >= 15 is 0 Å². The number of benzene rings is 1. The number of thiocarbonyl (C=S) groups is 1. The third-order valence-corrected chi connectivity index (χ3v) is 3.81. The van der Waals surface area contributed by atoms with E-state index in [1.165, 1.54) is 24.8 Å². The van der Waals surface area contributed by atoms with Gasteiger partial charge in [0.05, 0.1) is 0 Å². The van der Waals surface area contributed by atoms with Crippen LogP contribution in [-0.2, 0) is 6.42 Å². The average Bonchev–Trinajstić information content (AvgIpc) is 3.03. The van der Waals surface area contributed by atoms with Crippen LogP contribution in [0, 0.1) is 0 Å². The summed E-state index contributed by atoms with van der Waals surface area (Å²) >= 11 is 6.24. The van der Waals surface area contributed by atoms with Crippen molar-refractivity contribution in [3.05, 3.63) is 40.9 Å². The van der Waals surface area contributed by atoms with Crippen LogP contribution in [0.2, 0.25) is 0 Å². The minimum absolute atomic E-state index is 0.247. The Bertz CT molecular complexity index is 611. The van der Waals surface area contributed by atoms with Crippen LogP contribution in [0.15, 0.2) is 29.6 Å². The van der Waals surface area contributed by atoms with Crippen molar-refractivity contribution in [3.8, 4) is 0 Å². The normalized spacial score (nSPS) is 10.2. The molecule has 1 amide bonds. The van der Waals surface area contributed by atoms with Gasteiger partial charge in [-0.2, -0.15) is 0 Å². The topological polar surface area (TPSA) is 66.9 Å². The fraction of sp³-hybridized carbons (Fsp3) is 0.333. The summed E-state index contributed by atoms with van der Waals surface area (Å²) < 4.78 is 3.64. The van der Waals surface area contributed by atoms with Crippen molar-refractivity contribution >= 4 is 40.5 Å². The molecule has 0 atom stereocenters. The number of carbonyl (C=O) groups excluding carboxylic acids is 1. The first-order valence-electron chi connectivity index (χ1n) is 7.17. The van der Waals surface area contributed by atoms with Crippen LogP contribution in [0.5, 0.6) is 0 Å². The predicted molar refractivity (Wildman–Crippen MR) is 93.3 cm³/mol. The Hall–Kier alpha value is -1.86. The largest absolute Gasteiger partial charge is 0.332 e. The van der Waals surface area contributed by atoms with Crippen LogP contribution in [0.4, 0.5) is 5.69 Å². The van der Waals surface area contributed by atoms with Gasteiger partial charge in [-0.3, -0.25) is 10.1 Å². The van der Waals surface area contributed by atoms with Crippen LogP contribution < -0.4 is 10.6 Å². The molecule has 0 spiro atoms. The summed E-state index contributed by atoms with van der Waals surface area (Å²) in [6, 6.07) is 8.08. The minimum Gasteiger partial charge on any atom is -0.332 e. The van der Waals surface area contributed by atoms with E-state index in [2.05, 4.69) is 39.3 Å². The summed E-state index contributed by atoms with van der Waals surface area (Å²) in [5.41, 5.74) is 2.42. The Morgan fingerprint density at radius 3 is 2.68 bits per heavy atom. The van der Waals surface area contributed by atoms with E-state index in [0.29, 0.717) is 0 Å². The molecule has 0 saturated carbocycles. The molecule has 0 radical (unpaired) electrons. The zero-order chi connectivity index (χ0) is 15.8. The molecule has 5 nitrogen and oxygen atoms in total. The standard InChI is InChI=1S/C15H18N4OS2/c1-2-3-4-5-11-6-8-12(9-7-11)16-15(21)17-14(20)13-10-22-19-18-13/h6-10H,2-5H2,1H3,(H2,16,17,20,21). The first-order chi connectivity index (χ1) is 10.7. The molecule has 0 fully saturated rings. The van der Waals surface area contributed by atoms with E-state index < -0.39 is 0 Å². The molecule has 0 aliphatic heterocycles. The lowest BCUT2D eigenvalue weighted by atomic mass is 10.1. The molecule has 2 aromatic rings. The van der Waals surface area contributed by atoms with E-state index in [4.69, 9.17) is 12.2 Å². The highest BCUT2D eigenvalue weighted by molar-refractivity contribution is 7.80. The quantitative estimate of drug-likeness (QED) is 0.626. The molecule has 22 heavy (non-hydrogen) atoms. The van der Waals surface area contributed by atoms with Gasteiger partial charge >= 0.3 is 0 Å². The number of carbonyl (C=O) groups is 1. The van der Waals surface area contributed by atoms with Gasteiger partial charge in [0.1, 0.15) is 0 Å². The maximum Gasteiger partial charge on any atom is 0.278 e. The van der Waals surface area contributed by atoms with Crippen molar-refractivity contribution < 1.29 is 4.79 Å². The highest BCUT2D eigenvalue weighted by Crippen LogP contribution is 2.12. The highest BCUT2D eigenvalue weighted by Gasteiger charge is 2.10. The summed E-state index contributed by atoms with van der Waals surface area (Å²) in [6.45, 7) is 2.20. The summed E-state index contributed by atoms with van der Waals surface area (Å²) in [4.78, 5) is 11.8. The van der Waals surface area contributed by atoms with E-state index in [1.807, 2.05) is 12.1 Å². The van der Waals surface area contributed by atoms with E-state index in [-0.39, 0.29) is 16.7 Å². The Balaban J connectivity index is 1.82. The van der Waals surface area contributed by atoms with E-state index in [0.717, 1.165) is 23.6 Å². The number of rotatable bonds is 6. The molecule has 0 bridgehead atoms. The molecule has 7 heteroatoms. The van der Waals surface area contributed by atoms with Crippen molar-refractivity contribution in [1.29, 1.82) is 0 Å². The third-order valence-electron chi connectivity index (χ3n) is 3.10.